The van der Waals surface area contributed by atoms with E-state index in [1.54, 1.807) is 6.92 Å². The predicted molar refractivity (Wildman–Crippen MR) is 85.5 cm³/mol. The van der Waals surface area contributed by atoms with Crippen LogP contribution in [0.3, 0.4) is 0 Å². The number of rotatable bonds is 4. The summed E-state index contributed by atoms with van der Waals surface area (Å²) in [7, 11) is 0. The number of benzene rings is 1. The third-order valence-corrected chi connectivity index (χ3v) is 4.09. The first-order valence-corrected chi connectivity index (χ1v) is 7.62. The summed E-state index contributed by atoms with van der Waals surface area (Å²) >= 11 is 0. The molecule has 0 bridgehead atoms. The average molecular weight is 313 g/mol. The number of nitrogens with one attached hydrogen (secondary N) is 2. The van der Waals surface area contributed by atoms with E-state index in [4.69, 9.17) is 4.74 Å². The Labute approximate surface area is 133 Å². The minimum absolute atomic E-state index is 0.0414. The van der Waals surface area contributed by atoms with Gasteiger partial charge in [0.1, 0.15) is 12.4 Å². The van der Waals surface area contributed by atoms with Crippen LogP contribution in [0.2, 0.25) is 0 Å². The van der Waals surface area contributed by atoms with E-state index in [0.29, 0.717) is 25.1 Å². The molecule has 0 radical (unpaired) electrons. The third-order valence-electron chi connectivity index (χ3n) is 4.09. The predicted octanol–water partition coefficient (Wildman–Crippen LogP) is 1.57. The fourth-order valence-corrected chi connectivity index (χ4v) is 2.91. The van der Waals surface area contributed by atoms with Crippen molar-refractivity contribution >= 4 is 5.91 Å². The van der Waals surface area contributed by atoms with Gasteiger partial charge in [-0.3, -0.25) is 4.79 Å². The van der Waals surface area contributed by atoms with Gasteiger partial charge in [-0.05, 0) is 31.9 Å². The van der Waals surface area contributed by atoms with Crippen LogP contribution in [-0.2, 0) is 11.2 Å². The van der Waals surface area contributed by atoms with E-state index in [-0.39, 0.29) is 17.6 Å². The van der Waals surface area contributed by atoms with Gasteiger partial charge in [0.2, 0.25) is 5.91 Å². The number of carbonyl (C=O) groups is 1. The summed E-state index contributed by atoms with van der Waals surface area (Å²) in [5, 5.41) is 3.00. The topological polar surface area (TPSA) is 84.1 Å². The first-order chi connectivity index (χ1) is 11.0. The maximum absolute atomic E-state index is 12.2. The molecule has 1 aliphatic heterocycles. The van der Waals surface area contributed by atoms with Crippen molar-refractivity contribution in [2.45, 2.75) is 32.7 Å². The van der Waals surface area contributed by atoms with Gasteiger partial charge in [0.05, 0.1) is 6.04 Å². The second kappa shape index (κ2) is 6.24. The van der Waals surface area contributed by atoms with Gasteiger partial charge in [-0.2, -0.15) is 4.98 Å². The van der Waals surface area contributed by atoms with Gasteiger partial charge >= 0.3 is 5.69 Å². The maximum atomic E-state index is 12.2. The van der Waals surface area contributed by atoms with Crippen molar-refractivity contribution in [2.24, 2.45) is 0 Å². The van der Waals surface area contributed by atoms with Gasteiger partial charge in [-0.15, -0.1) is 0 Å². The van der Waals surface area contributed by atoms with Crippen LogP contribution in [0.1, 0.15) is 35.0 Å². The van der Waals surface area contributed by atoms with Crippen LogP contribution in [0.5, 0.6) is 5.75 Å². The molecule has 1 amide bonds. The Kier molecular flexibility index (Phi) is 4.14. The highest BCUT2D eigenvalue weighted by Crippen LogP contribution is 2.31. The number of aromatic nitrogens is 2. The largest absolute Gasteiger partial charge is 0.491 e. The lowest BCUT2D eigenvalue weighted by Crippen LogP contribution is -2.29. The van der Waals surface area contributed by atoms with E-state index in [1.807, 2.05) is 31.2 Å². The van der Waals surface area contributed by atoms with Crippen molar-refractivity contribution in [3.63, 3.8) is 0 Å². The van der Waals surface area contributed by atoms with Crippen LogP contribution >= 0.6 is 0 Å². The number of ether oxygens (including phenoxy) is 1. The first kappa shape index (κ1) is 15.3. The van der Waals surface area contributed by atoms with Crippen molar-refractivity contribution in [2.75, 3.05) is 6.61 Å². The Morgan fingerprint density at radius 1 is 1.39 bits per heavy atom. The first-order valence-electron chi connectivity index (χ1n) is 7.62. The van der Waals surface area contributed by atoms with Crippen LogP contribution in [0.4, 0.5) is 0 Å². The molecule has 1 atom stereocenters. The van der Waals surface area contributed by atoms with E-state index in [1.165, 1.54) is 0 Å². The van der Waals surface area contributed by atoms with Gasteiger partial charge in [-0.1, -0.05) is 18.2 Å². The summed E-state index contributed by atoms with van der Waals surface area (Å²) in [6.07, 6.45) is 0.885. The normalized spacial score (nSPS) is 15.8. The zero-order chi connectivity index (χ0) is 16.4. The minimum Gasteiger partial charge on any atom is -0.491 e. The molecule has 120 valence electrons. The van der Waals surface area contributed by atoms with Crippen LogP contribution in [-0.4, -0.2) is 22.5 Å². The summed E-state index contributed by atoms with van der Waals surface area (Å²) in [4.78, 5) is 30.1. The van der Waals surface area contributed by atoms with Gasteiger partial charge < -0.3 is 15.0 Å². The molecule has 23 heavy (non-hydrogen) atoms. The number of hydrogen-bond donors (Lipinski definition) is 2. The number of amides is 1. The monoisotopic (exact) mass is 313 g/mol. The van der Waals surface area contributed by atoms with Crippen LogP contribution in [0, 0.1) is 13.8 Å². The highest BCUT2D eigenvalue weighted by Gasteiger charge is 2.24. The smallest absolute Gasteiger partial charge is 0.345 e. The molecule has 1 unspecified atom stereocenters. The fourth-order valence-electron chi connectivity index (χ4n) is 2.91. The third kappa shape index (κ3) is 3.26. The van der Waals surface area contributed by atoms with E-state index < -0.39 is 0 Å². The lowest BCUT2D eigenvalue weighted by Gasteiger charge is -2.12. The molecule has 0 fully saturated rings. The Balaban J connectivity index is 1.62. The summed E-state index contributed by atoms with van der Waals surface area (Å²) in [5.41, 5.74) is 3.02. The molecule has 0 saturated heterocycles. The molecule has 0 spiro atoms. The van der Waals surface area contributed by atoms with Crippen LogP contribution in [0.25, 0.3) is 0 Å². The zero-order valence-corrected chi connectivity index (χ0v) is 13.2. The van der Waals surface area contributed by atoms with Gasteiger partial charge in [-0.25, -0.2) is 4.79 Å². The molecule has 0 aliphatic carbocycles. The number of para-hydroxylation sites is 1. The van der Waals surface area contributed by atoms with E-state index in [0.717, 1.165) is 22.6 Å². The number of carbonyl (C=O) groups excluding carboxylic acids is 1. The number of aryl methyl sites for hydroxylation is 2. The van der Waals surface area contributed by atoms with Crippen molar-refractivity contribution in [1.29, 1.82) is 0 Å². The summed E-state index contributed by atoms with van der Waals surface area (Å²) in [6.45, 7) is 4.07. The van der Waals surface area contributed by atoms with E-state index in [2.05, 4.69) is 15.3 Å². The van der Waals surface area contributed by atoms with Crippen molar-refractivity contribution in [3.8, 4) is 5.75 Å². The number of H-pyrrole nitrogens is 1. The average Bonchev–Trinajstić information content (AvgIpc) is 2.89. The molecule has 0 saturated carbocycles. The Bertz CT molecular complexity index is 772. The molecule has 2 aromatic rings. The second-order valence-electron chi connectivity index (χ2n) is 5.70. The Hall–Kier alpha value is -2.63. The molecule has 2 N–H and O–H groups in total. The molecule has 6 nitrogen and oxygen atoms in total. The zero-order valence-electron chi connectivity index (χ0n) is 13.2. The van der Waals surface area contributed by atoms with E-state index >= 15 is 0 Å². The standard InChI is InChI=1S/C17H19N3O3/c1-10-12(11(2)19-17(22)18-10)7-8-16(21)20-14-9-23-15-6-4-3-5-13(14)15/h3-6,14H,7-9H2,1-2H3,(H,20,21)(H,18,19,22). The quantitative estimate of drug-likeness (QED) is 0.897. The van der Waals surface area contributed by atoms with Crippen LogP contribution < -0.4 is 15.7 Å². The molecule has 1 aliphatic rings. The molecular formula is C17H19N3O3. The fraction of sp³-hybridized carbons (Fsp3) is 0.353. The SMILES string of the molecule is Cc1nc(=O)[nH]c(C)c1CCC(=O)NC1COc2ccccc21. The minimum atomic E-state index is -0.354. The molecule has 1 aromatic carbocycles. The van der Waals surface area contributed by atoms with Gasteiger partial charge in [0, 0.05) is 23.4 Å². The van der Waals surface area contributed by atoms with Crippen molar-refractivity contribution in [3.05, 3.63) is 57.3 Å². The highest BCUT2D eigenvalue weighted by atomic mass is 16.5. The highest BCUT2D eigenvalue weighted by molar-refractivity contribution is 5.77. The maximum Gasteiger partial charge on any atom is 0.345 e. The van der Waals surface area contributed by atoms with Crippen LogP contribution in [0.15, 0.2) is 29.1 Å². The number of hydrogen-bond acceptors (Lipinski definition) is 4. The van der Waals surface area contributed by atoms with Crippen molar-refractivity contribution < 1.29 is 9.53 Å². The summed E-state index contributed by atoms with van der Waals surface area (Å²) in [6, 6.07) is 7.62. The van der Waals surface area contributed by atoms with Gasteiger partial charge in [0.15, 0.2) is 0 Å². The molecule has 3 rings (SSSR count). The number of aromatic amines is 1. The summed E-state index contributed by atoms with van der Waals surface area (Å²) < 4.78 is 5.56. The molecule has 6 heteroatoms. The lowest BCUT2D eigenvalue weighted by atomic mass is 10.1. The second-order valence-corrected chi connectivity index (χ2v) is 5.70. The molecule has 1 aromatic heterocycles. The molecule has 2 heterocycles. The molecular weight excluding hydrogens is 294 g/mol. The van der Waals surface area contributed by atoms with E-state index in [9.17, 15) is 9.59 Å². The number of fused-ring (bicyclic) bond motifs is 1. The lowest BCUT2D eigenvalue weighted by molar-refractivity contribution is -0.121. The number of nitrogens with zero attached hydrogens (tertiary/aromatic N) is 1. The summed E-state index contributed by atoms with van der Waals surface area (Å²) in [5.74, 6) is 0.787. The Morgan fingerprint density at radius 3 is 2.96 bits per heavy atom. The van der Waals surface area contributed by atoms with Crippen molar-refractivity contribution in [1.82, 2.24) is 15.3 Å². The Morgan fingerprint density at radius 2 is 2.17 bits per heavy atom. The van der Waals surface area contributed by atoms with Gasteiger partial charge in [0.25, 0.3) is 0 Å².